The van der Waals surface area contributed by atoms with Gasteiger partial charge < -0.3 is 5.32 Å². The molecule has 12 heavy (non-hydrogen) atoms. The molecule has 0 aromatic heterocycles. The first kappa shape index (κ1) is 10.0. The van der Waals surface area contributed by atoms with Gasteiger partial charge in [-0.25, -0.2) is 0 Å². The molecule has 0 aromatic rings. The molecule has 0 heterocycles. The zero-order valence-corrected chi connectivity index (χ0v) is 8.60. The summed E-state index contributed by atoms with van der Waals surface area (Å²) in [5, 5.41) is 3.58. The summed E-state index contributed by atoms with van der Waals surface area (Å²) in [4.78, 5) is 0. The molecule has 0 saturated heterocycles. The second-order valence-corrected chi connectivity index (χ2v) is 4.32. The van der Waals surface area contributed by atoms with Gasteiger partial charge in [-0.2, -0.15) is 0 Å². The summed E-state index contributed by atoms with van der Waals surface area (Å²) in [6, 6.07) is 0. The molecule has 0 spiro atoms. The molecule has 72 valence electrons. The molecule has 0 radical (unpaired) electrons. The van der Waals surface area contributed by atoms with Crippen LogP contribution in [0.1, 0.15) is 46.0 Å². The van der Waals surface area contributed by atoms with Crippen LogP contribution in [0.15, 0.2) is 0 Å². The maximum atomic E-state index is 3.58. The molecule has 1 aliphatic rings. The van der Waals surface area contributed by atoms with Crippen LogP contribution < -0.4 is 5.32 Å². The van der Waals surface area contributed by atoms with Crippen LogP contribution in [0.25, 0.3) is 0 Å². The summed E-state index contributed by atoms with van der Waals surface area (Å²) in [7, 11) is 0. The van der Waals surface area contributed by atoms with Gasteiger partial charge in [0.25, 0.3) is 0 Å². The predicted molar refractivity (Wildman–Crippen MR) is 54.3 cm³/mol. The molecule has 1 aliphatic carbocycles. The molecule has 1 rings (SSSR count). The van der Waals surface area contributed by atoms with E-state index in [-0.39, 0.29) is 0 Å². The summed E-state index contributed by atoms with van der Waals surface area (Å²) in [5.41, 5.74) is 0. The highest BCUT2D eigenvalue weighted by atomic mass is 14.9. The van der Waals surface area contributed by atoms with E-state index < -0.39 is 0 Å². The van der Waals surface area contributed by atoms with Gasteiger partial charge in [-0.15, -0.1) is 0 Å². The van der Waals surface area contributed by atoms with Crippen molar-refractivity contribution in [2.75, 3.05) is 13.1 Å². The zero-order valence-electron chi connectivity index (χ0n) is 8.60. The lowest BCUT2D eigenvalue weighted by Crippen LogP contribution is -2.25. The summed E-state index contributed by atoms with van der Waals surface area (Å²) in [6.07, 6.45) is 7.17. The van der Waals surface area contributed by atoms with Gasteiger partial charge in [-0.05, 0) is 37.8 Å². The van der Waals surface area contributed by atoms with Crippen molar-refractivity contribution >= 4 is 0 Å². The Balaban J connectivity index is 1.94. The Hall–Kier alpha value is -0.0400. The number of nitrogens with one attached hydrogen (secondary N) is 1. The van der Waals surface area contributed by atoms with Crippen molar-refractivity contribution in [1.29, 1.82) is 0 Å². The Morgan fingerprint density at radius 2 is 2.00 bits per heavy atom. The lowest BCUT2D eigenvalue weighted by molar-refractivity contribution is 0.439. The Bertz CT molecular complexity index is 106. The average molecular weight is 169 g/mol. The number of rotatable bonds is 5. The third kappa shape index (κ3) is 3.57. The second kappa shape index (κ2) is 5.58. The van der Waals surface area contributed by atoms with E-state index in [4.69, 9.17) is 0 Å². The van der Waals surface area contributed by atoms with E-state index in [2.05, 4.69) is 19.2 Å². The molecule has 0 bridgehead atoms. The van der Waals surface area contributed by atoms with Crippen LogP contribution in [0, 0.1) is 11.8 Å². The van der Waals surface area contributed by atoms with Gasteiger partial charge >= 0.3 is 0 Å². The van der Waals surface area contributed by atoms with Gasteiger partial charge in [0.1, 0.15) is 0 Å². The quantitative estimate of drug-likeness (QED) is 0.667. The van der Waals surface area contributed by atoms with Crippen LogP contribution in [0.4, 0.5) is 0 Å². The first-order chi connectivity index (χ1) is 5.83. The topological polar surface area (TPSA) is 12.0 Å². The van der Waals surface area contributed by atoms with Crippen molar-refractivity contribution in [2.45, 2.75) is 46.0 Å². The highest BCUT2D eigenvalue weighted by Crippen LogP contribution is 2.23. The molecule has 0 aliphatic heterocycles. The van der Waals surface area contributed by atoms with E-state index >= 15 is 0 Å². The summed E-state index contributed by atoms with van der Waals surface area (Å²) in [6.45, 7) is 7.07. The highest BCUT2D eigenvalue weighted by molar-refractivity contribution is 4.69. The normalized spacial score (nSPS) is 21.5. The highest BCUT2D eigenvalue weighted by Gasteiger charge is 2.14. The first-order valence-corrected chi connectivity index (χ1v) is 5.53. The standard InChI is InChI=1S/C11H23N/c1-3-10(2)8-12-9-11-6-4-5-7-11/h10-12H,3-9H2,1-2H3. The summed E-state index contributed by atoms with van der Waals surface area (Å²) >= 11 is 0. The molecule has 1 saturated carbocycles. The molecule has 1 unspecified atom stereocenters. The minimum Gasteiger partial charge on any atom is -0.316 e. The van der Waals surface area contributed by atoms with Crippen LogP contribution in [-0.2, 0) is 0 Å². The molecule has 1 heteroatoms. The smallest absolute Gasteiger partial charge is 0.00204 e. The summed E-state index contributed by atoms with van der Waals surface area (Å²) in [5.74, 6) is 1.85. The van der Waals surface area contributed by atoms with Crippen LogP contribution in [-0.4, -0.2) is 13.1 Å². The first-order valence-electron chi connectivity index (χ1n) is 5.53. The van der Waals surface area contributed by atoms with Crippen molar-refractivity contribution < 1.29 is 0 Å². The molecule has 1 atom stereocenters. The fraction of sp³-hybridized carbons (Fsp3) is 1.00. The fourth-order valence-corrected chi connectivity index (χ4v) is 1.89. The maximum Gasteiger partial charge on any atom is -0.00204 e. The largest absolute Gasteiger partial charge is 0.316 e. The van der Waals surface area contributed by atoms with Crippen LogP contribution in [0.3, 0.4) is 0 Å². The minimum absolute atomic E-state index is 0.853. The fourth-order valence-electron chi connectivity index (χ4n) is 1.89. The van der Waals surface area contributed by atoms with Crippen LogP contribution in [0.5, 0.6) is 0 Å². The van der Waals surface area contributed by atoms with Crippen molar-refractivity contribution in [3.63, 3.8) is 0 Å². The second-order valence-electron chi connectivity index (χ2n) is 4.32. The molecular formula is C11H23N. The monoisotopic (exact) mass is 169 g/mol. The Labute approximate surface area is 76.9 Å². The van der Waals surface area contributed by atoms with Gasteiger partial charge in [0.2, 0.25) is 0 Å². The lowest BCUT2D eigenvalue weighted by atomic mass is 10.1. The maximum absolute atomic E-state index is 3.58. The van der Waals surface area contributed by atoms with Gasteiger partial charge in [0.05, 0.1) is 0 Å². The van der Waals surface area contributed by atoms with E-state index in [1.165, 1.54) is 45.2 Å². The molecule has 1 nitrogen and oxygen atoms in total. The zero-order chi connectivity index (χ0) is 8.81. The summed E-state index contributed by atoms with van der Waals surface area (Å²) < 4.78 is 0. The van der Waals surface area contributed by atoms with E-state index in [1.807, 2.05) is 0 Å². The van der Waals surface area contributed by atoms with Crippen LogP contribution in [0.2, 0.25) is 0 Å². The number of hydrogen-bond acceptors (Lipinski definition) is 1. The average Bonchev–Trinajstić information content (AvgIpc) is 2.57. The Kier molecular flexibility index (Phi) is 4.67. The SMILES string of the molecule is CCC(C)CNCC1CCCC1. The van der Waals surface area contributed by atoms with Gasteiger partial charge in [-0.3, -0.25) is 0 Å². The van der Waals surface area contributed by atoms with Gasteiger partial charge in [0.15, 0.2) is 0 Å². The molecule has 0 aromatic carbocycles. The third-order valence-electron chi connectivity index (χ3n) is 3.10. The Morgan fingerprint density at radius 1 is 1.33 bits per heavy atom. The molecule has 1 N–H and O–H groups in total. The van der Waals surface area contributed by atoms with Crippen LogP contribution >= 0.6 is 0 Å². The van der Waals surface area contributed by atoms with Crippen molar-refractivity contribution in [2.24, 2.45) is 11.8 Å². The molecule has 0 amide bonds. The molecular weight excluding hydrogens is 146 g/mol. The Morgan fingerprint density at radius 3 is 2.58 bits per heavy atom. The van der Waals surface area contributed by atoms with Crippen molar-refractivity contribution in [3.8, 4) is 0 Å². The van der Waals surface area contributed by atoms with Crippen molar-refractivity contribution in [1.82, 2.24) is 5.32 Å². The predicted octanol–water partition coefficient (Wildman–Crippen LogP) is 2.81. The van der Waals surface area contributed by atoms with E-state index in [0.29, 0.717) is 0 Å². The third-order valence-corrected chi connectivity index (χ3v) is 3.10. The molecule has 1 fully saturated rings. The number of hydrogen-bond donors (Lipinski definition) is 1. The lowest BCUT2D eigenvalue weighted by Gasteiger charge is -2.13. The van der Waals surface area contributed by atoms with E-state index in [1.54, 1.807) is 0 Å². The van der Waals surface area contributed by atoms with Crippen molar-refractivity contribution in [3.05, 3.63) is 0 Å². The van der Waals surface area contributed by atoms with E-state index in [9.17, 15) is 0 Å². The van der Waals surface area contributed by atoms with Gasteiger partial charge in [-0.1, -0.05) is 33.1 Å². The minimum atomic E-state index is 0.853. The van der Waals surface area contributed by atoms with E-state index in [0.717, 1.165) is 11.8 Å². The van der Waals surface area contributed by atoms with Gasteiger partial charge in [0, 0.05) is 0 Å².